The van der Waals surface area contributed by atoms with Gasteiger partial charge in [-0.2, -0.15) is 0 Å². The van der Waals surface area contributed by atoms with Crippen molar-refractivity contribution in [2.45, 2.75) is 18.3 Å². The molecule has 1 aliphatic carbocycles. The molecule has 0 aromatic heterocycles. The molecule has 2 N–H and O–H groups in total. The number of carboxylic acid groups (broad SMARTS) is 1. The van der Waals surface area contributed by atoms with E-state index in [2.05, 4.69) is 17.4 Å². The standard InChI is InChI=1S/C25H22FNO4/c26-18-11-9-16(10-12-18)17(13-24(28)29)14-27-25(30)31-15-23-21-7-3-1-5-19(21)20-6-2-4-8-22(20)23/h1-12,17,23H,13-15H2,(H,27,30)(H,28,29). The van der Waals surface area contributed by atoms with Gasteiger partial charge in [-0.05, 0) is 39.9 Å². The van der Waals surface area contributed by atoms with Gasteiger partial charge in [-0.3, -0.25) is 4.79 Å². The van der Waals surface area contributed by atoms with E-state index in [1.54, 1.807) is 0 Å². The first-order valence-electron chi connectivity index (χ1n) is 10.1. The molecule has 0 saturated carbocycles. The number of rotatable bonds is 7. The maximum atomic E-state index is 13.2. The van der Waals surface area contributed by atoms with E-state index >= 15 is 0 Å². The first kappa shape index (κ1) is 20.6. The molecule has 31 heavy (non-hydrogen) atoms. The highest BCUT2D eigenvalue weighted by atomic mass is 19.1. The number of halogens is 1. The molecule has 0 heterocycles. The van der Waals surface area contributed by atoms with Gasteiger partial charge in [-0.15, -0.1) is 0 Å². The van der Waals surface area contributed by atoms with Crippen molar-refractivity contribution in [3.8, 4) is 11.1 Å². The second-order valence-electron chi connectivity index (χ2n) is 7.55. The quantitative estimate of drug-likeness (QED) is 0.570. The number of carbonyl (C=O) groups excluding carboxylic acids is 1. The SMILES string of the molecule is O=C(O)CC(CNC(=O)OCC1c2ccccc2-c2ccccc21)c1ccc(F)cc1. The number of carbonyl (C=O) groups is 2. The van der Waals surface area contributed by atoms with Gasteiger partial charge in [-0.25, -0.2) is 9.18 Å². The van der Waals surface area contributed by atoms with Gasteiger partial charge in [0.15, 0.2) is 0 Å². The van der Waals surface area contributed by atoms with Gasteiger partial charge in [0.05, 0.1) is 6.42 Å². The van der Waals surface area contributed by atoms with E-state index < -0.39 is 23.8 Å². The van der Waals surface area contributed by atoms with Crippen LogP contribution in [0.1, 0.15) is 34.9 Å². The largest absolute Gasteiger partial charge is 0.481 e. The number of carboxylic acids is 1. The van der Waals surface area contributed by atoms with E-state index in [1.165, 1.54) is 24.3 Å². The summed E-state index contributed by atoms with van der Waals surface area (Å²) in [5.74, 6) is -1.94. The zero-order valence-corrected chi connectivity index (χ0v) is 16.8. The Kier molecular flexibility index (Phi) is 5.98. The molecule has 0 aliphatic heterocycles. The summed E-state index contributed by atoms with van der Waals surface area (Å²) in [4.78, 5) is 23.6. The van der Waals surface area contributed by atoms with Crippen molar-refractivity contribution < 1.29 is 23.8 Å². The first-order valence-corrected chi connectivity index (χ1v) is 10.1. The fraction of sp³-hybridized carbons (Fsp3) is 0.200. The highest BCUT2D eigenvalue weighted by Gasteiger charge is 2.29. The molecular formula is C25H22FNO4. The molecule has 1 atom stereocenters. The molecule has 5 nitrogen and oxygen atoms in total. The molecule has 1 unspecified atom stereocenters. The second-order valence-corrected chi connectivity index (χ2v) is 7.55. The van der Waals surface area contributed by atoms with Crippen LogP contribution in [0.25, 0.3) is 11.1 Å². The van der Waals surface area contributed by atoms with E-state index in [4.69, 9.17) is 4.74 Å². The minimum atomic E-state index is -0.997. The minimum absolute atomic E-state index is 0.0509. The third-order valence-electron chi connectivity index (χ3n) is 5.60. The number of benzene rings is 3. The van der Waals surface area contributed by atoms with Crippen molar-refractivity contribution in [3.05, 3.63) is 95.3 Å². The van der Waals surface area contributed by atoms with Gasteiger partial charge in [0.1, 0.15) is 12.4 Å². The Morgan fingerprint density at radius 3 is 2.10 bits per heavy atom. The Labute approximate surface area is 179 Å². The lowest BCUT2D eigenvalue weighted by molar-refractivity contribution is -0.137. The Morgan fingerprint density at radius 1 is 0.935 bits per heavy atom. The monoisotopic (exact) mass is 419 g/mol. The summed E-state index contributed by atoms with van der Waals surface area (Å²) in [5, 5.41) is 11.8. The number of ether oxygens (including phenoxy) is 1. The molecule has 0 radical (unpaired) electrons. The third-order valence-corrected chi connectivity index (χ3v) is 5.60. The number of nitrogens with one attached hydrogen (secondary N) is 1. The van der Waals surface area contributed by atoms with Gasteiger partial charge in [0.2, 0.25) is 0 Å². The van der Waals surface area contributed by atoms with Crippen LogP contribution in [-0.2, 0) is 9.53 Å². The summed E-state index contributed by atoms with van der Waals surface area (Å²) < 4.78 is 18.7. The molecule has 0 spiro atoms. The van der Waals surface area contributed by atoms with Crippen LogP contribution >= 0.6 is 0 Å². The summed E-state index contributed by atoms with van der Waals surface area (Å²) in [6, 6.07) is 21.7. The predicted octanol–water partition coefficient (Wildman–Crippen LogP) is 4.92. The number of hydrogen-bond donors (Lipinski definition) is 2. The van der Waals surface area contributed by atoms with Gasteiger partial charge in [0.25, 0.3) is 0 Å². The van der Waals surface area contributed by atoms with Gasteiger partial charge >= 0.3 is 12.1 Å². The van der Waals surface area contributed by atoms with E-state index in [-0.39, 0.29) is 25.5 Å². The van der Waals surface area contributed by atoms with Crippen molar-refractivity contribution in [1.29, 1.82) is 0 Å². The fourth-order valence-electron chi connectivity index (χ4n) is 4.11. The second kappa shape index (κ2) is 9.00. The van der Waals surface area contributed by atoms with E-state index in [1.807, 2.05) is 36.4 Å². The zero-order chi connectivity index (χ0) is 21.8. The lowest BCUT2D eigenvalue weighted by atomic mass is 9.95. The number of aliphatic carboxylic acids is 1. The molecule has 3 aromatic rings. The maximum Gasteiger partial charge on any atom is 0.407 e. The van der Waals surface area contributed by atoms with Crippen LogP contribution in [0, 0.1) is 5.82 Å². The highest BCUT2D eigenvalue weighted by Crippen LogP contribution is 2.44. The van der Waals surface area contributed by atoms with E-state index in [0.717, 1.165) is 22.3 Å². The average Bonchev–Trinajstić information content (AvgIpc) is 3.09. The summed E-state index contributed by atoms with van der Waals surface area (Å²) in [7, 11) is 0. The minimum Gasteiger partial charge on any atom is -0.481 e. The van der Waals surface area contributed by atoms with Crippen LogP contribution in [0.15, 0.2) is 72.8 Å². The number of fused-ring (bicyclic) bond motifs is 3. The molecule has 0 bridgehead atoms. The number of alkyl carbamates (subject to hydrolysis) is 1. The molecule has 4 rings (SSSR count). The Bertz CT molecular complexity index is 1050. The average molecular weight is 419 g/mol. The van der Waals surface area contributed by atoms with Gasteiger partial charge in [0, 0.05) is 18.4 Å². The maximum absolute atomic E-state index is 13.2. The van der Waals surface area contributed by atoms with Crippen molar-refractivity contribution in [2.24, 2.45) is 0 Å². The Hall–Kier alpha value is -3.67. The molecule has 1 aliphatic rings. The van der Waals surface area contributed by atoms with Crippen molar-refractivity contribution in [2.75, 3.05) is 13.2 Å². The van der Waals surface area contributed by atoms with Crippen molar-refractivity contribution >= 4 is 12.1 Å². The summed E-state index contributed by atoms with van der Waals surface area (Å²) >= 11 is 0. The fourth-order valence-corrected chi connectivity index (χ4v) is 4.11. The lowest BCUT2D eigenvalue weighted by Crippen LogP contribution is -2.31. The van der Waals surface area contributed by atoms with Crippen LogP contribution in [-0.4, -0.2) is 30.3 Å². The molecule has 6 heteroatoms. The van der Waals surface area contributed by atoms with Crippen molar-refractivity contribution in [1.82, 2.24) is 5.32 Å². The zero-order valence-electron chi connectivity index (χ0n) is 16.8. The first-order chi connectivity index (χ1) is 15.0. The van der Waals surface area contributed by atoms with Crippen LogP contribution in [0.2, 0.25) is 0 Å². The Morgan fingerprint density at radius 2 is 1.52 bits per heavy atom. The van der Waals surface area contributed by atoms with Crippen LogP contribution in [0.3, 0.4) is 0 Å². The molecule has 1 amide bonds. The lowest BCUT2D eigenvalue weighted by Gasteiger charge is -2.18. The van der Waals surface area contributed by atoms with Crippen LogP contribution in [0.5, 0.6) is 0 Å². The molecular weight excluding hydrogens is 397 g/mol. The summed E-state index contributed by atoms with van der Waals surface area (Å²) in [6.45, 7) is 0.259. The van der Waals surface area contributed by atoms with Crippen LogP contribution in [0.4, 0.5) is 9.18 Å². The van der Waals surface area contributed by atoms with Gasteiger partial charge in [-0.1, -0.05) is 60.7 Å². The van der Waals surface area contributed by atoms with Crippen molar-refractivity contribution in [3.63, 3.8) is 0 Å². The van der Waals surface area contributed by atoms with E-state index in [0.29, 0.717) is 5.56 Å². The predicted molar refractivity (Wildman–Crippen MR) is 114 cm³/mol. The topological polar surface area (TPSA) is 75.6 Å². The normalized spacial score (nSPS) is 13.2. The summed E-state index contributed by atoms with van der Waals surface area (Å²) in [5.41, 5.74) is 5.16. The van der Waals surface area contributed by atoms with Gasteiger partial charge < -0.3 is 15.2 Å². The Balaban J connectivity index is 1.40. The molecule has 158 valence electrons. The smallest absolute Gasteiger partial charge is 0.407 e. The number of amides is 1. The third kappa shape index (κ3) is 4.58. The number of hydrogen-bond acceptors (Lipinski definition) is 3. The van der Waals surface area contributed by atoms with Crippen LogP contribution < -0.4 is 5.32 Å². The molecule has 3 aromatic carbocycles. The van der Waals surface area contributed by atoms with E-state index in [9.17, 15) is 19.1 Å². The molecule has 0 saturated heterocycles. The summed E-state index contributed by atoms with van der Waals surface area (Å²) in [6.07, 6.45) is -0.797. The molecule has 0 fully saturated rings. The highest BCUT2D eigenvalue weighted by molar-refractivity contribution is 5.79.